The predicted octanol–water partition coefficient (Wildman–Crippen LogP) is 5.89. The van der Waals surface area contributed by atoms with Gasteiger partial charge < -0.3 is 9.73 Å². The van der Waals surface area contributed by atoms with E-state index < -0.39 is 0 Å². The van der Waals surface area contributed by atoms with Gasteiger partial charge in [0.25, 0.3) is 0 Å². The van der Waals surface area contributed by atoms with Crippen molar-refractivity contribution < 1.29 is 4.42 Å². The normalized spacial score (nSPS) is 12.9. The second kappa shape index (κ2) is 6.41. The zero-order valence-corrected chi connectivity index (χ0v) is 13.9. The second-order valence-corrected chi connectivity index (χ2v) is 7.14. The van der Waals surface area contributed by atoms with Gasteiger partial charge in [-0.15, -0.1) is 11.3 Å². The first-order valence-corrected chi connectivity index (χ1v) is 8.43. The standard InChI is InChI=1S/C16H15Cl2NOS/c1-2-7-19-15(11-9-14(17)21-16(11)18)13-8-10-5-3-4-6-12(10)20-13/h3-6,8-9,15,19H,2,7H2,1H3. The lowest BCUT2D eigenvalue weighted by Gasteiger charge is -2.15. The summed E-state index contributed by atoms with van der Waals surface area (Å²) in [7, 11) is 0. The molecule has 0 saturated heterocycles. The molecule has 1 atom stereocenters. The molecular weight excluding hydrogens is 325 g/mol. The van der Waals surface area contributed by atoms with Crippen molar-refractivity contribution in [2.45, 2.75) is 19.4 Å². The number of hydrogen-bond donors (Lipinski definition) is 1. The molecule has 1 aromatic carbocycles. The van der Waals surface area contributed by atoms with Crippen molar-refractivity contribution in [2.75, 3.05) is 6.54 Å². The van der Waals surface area contributed by atoms with E-state index in [1.807, 2.05) is 30.3 Å². The highest BCUT2D eigenvalue weighted by Gasteiger charge is 2.22. The Morgan fingerprint density at radius 1 is 1.24 bits per heavy atom. The Labute approximate surface area is 137 Å². The number of furan rings is 1. The molecule has 1 unspecified atom stereocenters. The average Bonchev–Trinajstić information content (AvgIpc) is 3.03. The van der Waals surface area contributed by atoms with Gasteiger partial charge in [-0.25, -0.2) is 0 Å². The van der Waals surface area contributed by atoms with Crippen LogP contribution >= 0.6 is 34.5 Å². The first kappa shape index (κ1) is 14.9. The highest BCUT2D eigenvalue weighted by molar-refractivity contribution is 7.20. The summed E-state index contributed by atoms with van der Waals surface area (Å²) >= 11 is 13.8. The lowest BCUT2D eigenvalue weighted by atomic mass is 10.1. The molecule has 3 rings (SSSR count). The molecule has 0 saturated carbocycles. The van der Waals surface area contributed by atoms with Crippen LogP contribution in [0.5, 0.6) is 0 Å². The number of rotatable bonds is 5. The SMILES string of the molecule is CCCNC(c1cc2ccccc2o1)c1cc(Cl)sc1Cl. The third-order valence-electron chi connectivity index (χ3n) is 3.32. The van der Waals surface area contributed by atoms with Crippen molar-refractivity contribution >= 4 is 45.5 Å². The Balaban J connectivity index is 2.04. The van der Waals surface area contributed by atoms with Crippen LogP contribution in [0, 0.1) is 0 Å². The highest BCUT2D eigenvalue weighted by Crippen LogP contribution is 2.38. The first-order valence-electron chi connectivity index (χ1n) is 6.85. The molecule has 2 nitrogen and oxygen atoms in total. The molecule has 0 spiro atoms. The molecule has 0 amide bonds. The van der Waals surface area contributed by atoms with Crippen LogP contribution in [0.25, 0.3) is 11.0 Å². The molecule has 5 heteroatoms. The van der Waals surface area contributed by atoms with Gasteiger partial charge in [-0.05, 0) is 31.2 Å². The van der Waals surface area contributed by atoms with E-state index in [1.54, 1.807) is 0 Å². The van der Waals surface area contributed by atoms with Crippen LogP contribution in [0.2, 0.25) is 8.67 Å². The zero-order valence-electron chi connectivity index (χ0n) is 11.5. The summed E-state index contributed by atoms with van der Waals surface area (Å²) < 4.78 is 7.38. The monoisotopic (exact) mass is 339 g/mol. The van der Waals surface area contributed by atoms with Crippen LogP contribution < -0.4 is 5.32 Å². The number of halogens is 2. The minimum Gasteiger partial charge on any atom is -0.459 e. The van der Waals surface area contributed by atoms with Gasteiger partial charge in [0.05, 0.1) is 14.7 Å². The molecule has 0 bridgehead atoms. The van der Waals surface area contributed by atoms with Gasteiger partial charge in [-0.3, -0.25) is 0 Å². The summed E-state index contributed by atoms with van der Waals surface area (Å²) in [6.07, 6.45) is 1.03. The van der Waals surface area contributed by atoms with Crippen LogP contribution in [0.1, 0.15) is 30.7 Å². The molecule has 3 aromatic rings. The summed E-state index contributed by atoms with van der Waals surface area (Å²) in [5.41, 5.74) is 1.85. The molecule has 2 aromatic heterocycles. The summed E-state index contributed by atoms with van der Waals surface area (Å²) in [6, 6.07) is 11.9. The van der Waals surface area contributed by atoms with Crippen LogP contribution in [-0.4, -0.2) is 6.54 Å². The van der Waals surface area contributed by atoms with Gasteiger partial charge in [0.15, 0.2) is 0 Å². The summed E-state index contributed by atoms with van der Waals surface area (Å²) in [5, 5.41) is 4.58. The number of hydrogen-bond acceptors (Lipinski definition) is 3. The first-order chi connectivity index (χ1) is 10.2. The quantitative estimate of drug-likeness (QED) is 0.626. The lowest BCUT2D eigenvalue weighted by molar-refractivity contribution is 0.470. The minimum atomic E-state index is -0.0754. The van der Waals surface area contributed by atoms with Crippen molar-refractivity contribution in [1.82, 2.24) is 5.32 Å². The fraction of sp³-hybridized carbons (Fsp3) is 0.250. The van der Waals surface area contributed by atoms with Crippen molar-refractivity contribution in [3.05, 3.63) is 56.4 Å². The van der Waals surface area contributed by atoms with Crippen molar-refractivity contribution in [1.29, 1.82) is 0 Å². The van der Waals surface area contributed by atoms with Crippen LogP contribution in [0.3, 0.4) is 0 Å². The predicted molar refractivity (Wildman–Crippen MR) is 90.7 cm³/mol. The number of benzene rings is 1. The molecule has 0 radical (unpaired) electrons. The smallest absolute Gasteiger partial charge is 0.134 e. The van der Waals surface area contributed by atoms with Crippen molar-refractivity contribution in [3.63, 3.8) is 0 Å². The lowest BCUT2D eigenvalue weighted by Crippen LogP contribution is -2.22. The number of thiophene rings is 1. The molecule has 0 fully saturated rings. The third-order valence-corrected chi connectivity index (χ3v) is 4.84. The van der Waals surface area contributed by atoms with Gasteiger partial charge in [0.2, 0.25) is 0 Å². The highest BCUT2D eigenvalue weighted by atomic mass is 35.5. The second-order valence-electron chi connectivity index (χ2n) is 4.85. The van der Waals surface area contributed by atoms with E-state index in [-0.39, 0.29) is 6.04 Å². The van der Waals surface area contributed by atoms with E-state index in [0.29, 0.717) is 8.67 Å². The van der Waals surface area contributed by atoms with Crippen LogP contribution in [0.15, 0.2) is 40.8 Å². The van der Waals surface area contributed by atoms with E-state index in [4.69, 9.17) is 27.6 Å². The molecule has 21 heavy (non-hydrogen) atoms. The largest absolute Gasteiger partial charge is 0.459 e. The third kappa shape index (κ3) is 3.11. The maximum atomic E-state index is 6.32. The maximum absolute atomic E-state index is 6.32. The topological polar surface area (TPSA) is 25.2 Å². The Morgan fingerprint density at radius 3 is 2.71 bits per heavy atom. The Hall–Kier alpha value is -1.00. The summed E-state index contributed by atoms with van der Waals surface area (Å²) in [4.78, 5) is 0. The summed E-state index contributed by atoms with van der Waals surface area (Å²) in [6.45, 7) is 3.01. The minimum absolute atomic E-state index is 0.0754. The zero-order chi connectivity index (χ0) is 14.8. The number of para-hydroxylation sites is 1. The Kier molecular flexibility index (Phi) is 4.55. The maximum Gasteiger partial charge on any atom is 0.134 e. The van der Waals surface area contributed by atoms with Crippen LogP contribution in [-0.2, 0) is 0 Å². The van der Waals surface area contributed by atoms with E-state index in [2.05, 4.69) is 18.3 Å². The molecule has 0 aliphatic carbocycles. The van der Waals surface area contributed by atoms with E-state index in [1.165, 1.54) is 11.3 Å². The fourth-order valence-corrected chi connectivity index (χ4v) is 3.88. The van der Waals surface area contributed by atoms with Crippen LogP contribution in [0.4, 0.5) is 0 Å². The molecule has 0 aliphatic heterocycles. The van der Waals surface area contributed by atoms with E-state index in [0.717, 1.165) is 35.3 Å². The average molecular weight is 340 g/mol. The molecule has 2 heterocycles. The fourth-order valence-electron chi connectivity index (χ4n) is 2.35. The van der Waals surface area contributed by atoms with E-state index >= 15 is 0 Å². The van der Waals surface area contributed by atoms with Crippen molar-refractivity contribution in [2.24, 2.45) is 0 Å². The van der Waals surface area contributed by atoms with E-state index in [9.17, 15) is 0 Å². The molecular formula is C16H15Cl2NOS. The van der Waals surface area contributed by atoms with Gasteiger partial charge in [0, 0.05) is 10.9 Å². The van der Waals surface area contributed by atoms with Crippen molar-refractivity contribution in [3.8, 4) is 0 Å². The van der Waals surface area contributed by atoms with Gasteiger partial charge >= 0.3 is 0 Å². The molecule has 110 valence electrons. The Morgan fingerprint density at radius 2 is 2.05 bits per heavy atom. The van der Waals surface area contributed by atoms with Gasteiger partial charge in [-0.2, -0.15) is 0 Å². The Bertz CT molecular complexity index is 717. The van der Waals surface area contributed by atoms with Gasteiger partial charge in [0.1, 0.15) is 11.3 Å². The molecule has 1 N–H and O–H groups in total. The molecule has 0 aliphatic rings. The number of nitrogens with one attached hydrogen (secondary N) is 1. The van der Waals surface area contributed by atoms with Gasteiger partial charge in [-0.1, -0.05) is 48.3 Å². The number of fused-ring (bicyclic) bond motifs is 1. The summed E-state index contributed by atoms with van der Waals surface area (Å²) in [5.74, 6) is 0.862.